The van der Waals surface area contributed by atoms with E-state index in [1.807, 2.05) is 13.8 Å². The number of rotatable bonds is 5. The summed E-state index contributed by atoms with van der Waals surface area (Å²) in [6, 6.07) is 0.228. The van der Waals surface area contributed by atoms with Crippen LogP contribution in [-0.4, -0.2) is 47.7 Å². The van der Waals surface area contributed by atoms with Crippen LogP contribution >= 0.6 is 0 Å². The highest BCUT2D eigenvalue weighted by Gasteiger charge is 2.33. The van der Waals surface area contributed by atoms with E-state index in [4.69, 9.17) is 0 Å². The highest BCUT2D eigenvalue weighted by molar-refractivity contribution is 5.78. The minimum atomic E-state index is -0.545. The van der Waals surface area contributed by atoms with Crippen LogP contribution in [0.15, 0.2) is 0 Å². The third-order valence-corrected chi connectivity index (χ3v) is 3.18. The zero-order valence-electron chi connectivity index (χ0n) is 9.92. The third-order valence-electron chi connectivity index (χ3n) is 3.18. The Hall–Kier alpha value is -0.610. The van der Waals surface area contributed by atoms with Crippen molar-refractivity contribution >= 4 is 5.91 Å². The maximum atomic E-state index is 11.6. The number of likely N-dealkylation sites (N-methyl/N-ethyl adjacent to an activating group) is 1. The van der Waals surface area contributed by atoms with Gasteiger partial charge in [-0.15, -0.1) is 0 Å². The van der Waals surface area contributed by atoms with Gasteiger partial charge in [0, 0.05) is 19.6 Å². The van der Waals surface area contributed by atoms with Crippen molar-refractivity contribution in [1.82, 2.24) is 10.2 Å². The predicted octanol–water partition coefficient (Wildman–Crippen LogP) is 0.358. The maximum absolute atomic E-state index is 11.6. The Morgan fingerprint density at radius 3 is 2.53 bits per heavy atom. The molecule has 1 amide bonds. The van der Waals surface area contributed by atoms with E-state index in [2.05, 4.69) is 5.32 Å². The van der Waals surface area contributed by atoms with E-state index in [0.29, 0.717) is 13.1 Å². The SMILES string of the molecule is CC(C)N(C)C(=O)CNCC1(O)CCC1. The molecule has 0 unspecified atom stereocenters. The van der Waals surface area contributed by atoms with E-state index in [1.165, 1.54) is 0 Å². The van der Waals surface area contributed by atoms with Crippen LogP contribution in [0.1, 0.15) is 33.1 Å². The molecule has 4 heteroatoms. The summed E-state index contributed by atoms with van der Waals surface area (Å²) in [6.07, 6.45) is 2.81. The molecule has 1 rings (SSSR count). The summed E-state index contributed by atoms with van der Waals surface area (Å²) in [5.41, 5.74) is -0.545. The molecule has 0 bridgehead atoms. The zero-order valence-corrected chi connectivity index (χ0v) is 9.92. The van der Waals surface area contributed by atoms with Crippen LogP contribution in [0, 0.1) is 0 Å². The van der Waals surface area contributed by atoms with Gasteiger partial charge in [0.05, 0.1) is 12.1 Å². The molecular weight excluding hydrogens is 192 g/mol. The Morgan fingerprint density at radius 1 is 1.53 bits per heavy atom. The molecule has 1 fully saturated rings. The Bertz CT molecular complexity index is 225. The fourth-order valence-electron chi connectivity index (χ4n) is 1.58. The van der Waals surface area contributed by atoms with Crippen molar-refractivity contribution in [2.24, 2.45) is 0 Å². The lowest BCUT2D eigenvalue weighted by molar-refractivity contribution is -0.130. The van der Waals surface area contributed by atoms with E-state index < -0.39 is 5.60 Å². The van der Waals surface area contributed by atoms with Gasteiger partial charge in [0.2, 0.25) is 5.91 Å². The molecule has 4 nitrogen and oxygen atoms in total. The number of nitrogens with one attached hydrogen (secondary N) is 1. The monoisotopic (exact) mass is 214 g/mol. The van der Waals surface area contributed by atoms with Crippen molar-refractivity contribution in [3.8, 4) is 0 Å². The van der Waals surface area contributed by atoms with Gasteiger partial charge in [0.1, 0.15) is 0 Å². The second-order valence-corrected chi connectivity index (χ2v) is 4.78. The summed E-state index contributed by atoms with van der Waals surface area (Å²) >= 11 is 0. The molecule has 0 aromatic carbocycles. The third kappa shape index (κ3) is 3.47. The van der Waals surface area contributed by atoms with Crippen LogP contribution in [0.25, 0.3) is 0 Å². The van der Waals surface area contributed by atoms with Crippen LogP contribution in [0.2, 0.25) is 0 Å². The lowest BCUT2D eigenvalue weighted by atomic mass is 9.80. The van der Waals surface area contributed by atoms with E-state index in [0.717, 1.165) is 19.3 Å². The summed E-state index contributed by atoms with van der Waals surface area (Å²) in [5.74, 6) is 0.0768. The fraction of sp³-hybridized carbons (Fsp3) is 0.909. The van der Waals surface area contributed by atoms with Crippen molar-refractivity contribution < 1.29 is 9.90 Å². The van der Waals surface area contributed by atoms with Gasteiger partial charge in [0.15, 0.2) is 0 Å². The van der Waals surface area contributed by atoms with Crippen molar-refractivity contribution in [2.75, 3.05) is 20.1 Å². The van der Waals surface area contributed by atoms with Gasteiger partial charge in [-0.25, -0.2) is 0 Å². The van der Waals surface area contributed by atoms with E-state index in [-0.39, 0.29) is 11.9 Å². The summed E-state index contributed by atoms with van der Waals surface area (Å²) in [7, 11) is 1.80. The van der Waals surface area contributed by atoms with Gasteiger partial charge in [-0.3, -0.25) is 4.79 Å². The average Bonchev–Trinajstić information content (AvgIpc) is 2.13. The summed E-state index contributed by atoms with van der Waals surface area (Å²) in [4.78, 5) is 13.3. The topological polar surface area (TPSA) is 52.6 Å². The van der Waals surface area contributed by atoms with Gasteiger partial charge < -0.3 is 15.3 Å². The Morgan fingerprint density at radius 2 is 2.13 bits per heavy atom. The predicted molar refractivity (Wildman–Crippen MR) is 59.6 cm³/mol. The van der Waals surface area contributed by atoms with Crippen molar-refractivity contribution in [1.29, 1.82) is 0 Å². The highest BCUT2D eigenvalue weighted by atomic mass is 16.3. The molecule has 0 heterocycles. The average molecular weight is 214 g/mol. The molecule has 15 heavy (non-hydrogen) atoms. The molecule has 1 aliphatic rings. The van der Waals surface area contributed by atoms with Crippen molar-refractivity contribution in [3.63, 3.8) is 0 Å². The summed E-state index contributed by atoms with van der Waals surface area (Å²) < 4.78 is 0. The lowest BCUT2D eigenvalue weighted by Crippen LogP contribution is -2.49. The minimum Gasteiger partial charge on any atom is -0.389 e. The highest BCUT2D eigenvalue weighted by Crippen LogP contribution is 2.30. The number of hydrogen-bond donors (Lipinski definition) is 2. The van der Waals surface area contributed by atoms with Crippen molar-refractivity contribution in [3.05, 3.63) is 0 Å². The first kappa shape index (κ1) is 12.5. The van der Waals surface area contributed by atoms with Crippen LogP contribution in [0.4, 0.5) is 0 Å². The van der Waals surface area contributed by atoms with Gasteiger partial charge in [-0.2, -0.15) is 0 Å². The van der Waals surface area contributed by atoms with Gasteiger partial charge in [-0.05, 0) is 33.1 Å². The number of amides is 1. The second-order valence-electron chi connectivity index (χ2n) is 4.78. The lowest BCUT2D eigenvalue weighted by Gasteiger charge is -2.36. The zero-order chi connectivity index (χ0) is 11.5. The number of aliphatic hydroxyl groups is 1. The molecule has 0 aromatic rings. The molecule has 88 valence electrons. The molecule has 0 atom stereocenters. The first-order valence-corrected chi connectivity index (χ1v) is 5.63. The molecule has 0 aromatic heterocycles. The first-order valence-electron chi connectivity index (χ1n) is 5.63. The number of nitrogens with zero attached hydrogens (tertiary/aromatic N) is 1. The molecule has 0 spiro atoms. The Labute approximate surface area is 91.6 Å². The standard InChI is InChI=1S/C11H22N2O2/c1-9(2)13(3)10(14)7-12-8-11(15)5-4-6-11/h9,12,15H,4-8H2,1-3H3. The van der Waals surface area contributed by atoms with Gasteiger partial charge >= 0.3 is 0 Å². The van der Waals surface area contributed by atoms with Crippen molar-refractivity contribution in [2.45, 2.75) is 44.8 Å². The molecule has 1 saturated carbocycles. The Kier molecular flexibility index (Phi) is 4.11. The quantitative estimate of drug-likeness (QED) is 0.694. The molecule has 0 saturated heterocycles. The minimum absolute atomic E-state index is 0.0768. The smallest absolute Gasteiger partial charge is 0.236 e. The van der Waals surface area contributed by atoms with Crippen LogP contribution in [-0.2, 0) is 4.79 Å². The largest absolute Gasteiger partial charge is 0.389 e. The fourth-order valence-corrected chi connectivity index (χ4v) is 1.58. The second kappa shape index (κ2) is 4.94. The molecule has 0 aliphatic heterocycles. The number of hydrogen-bond acceptors (Lipinski definition) is 3. The van der Waals surface area contributed by atoms with Gasteiger partial charge in [-0.1, -0.05) is 0 Å². The summed E-state index contributed by atoms with van der Waals surface area (Å²) in [6.45, 7) is 4.82. The number of carbonyl (C=O) groups excluding carboxylic acids is 1. The maximum Gasteiger partial charge on any atom is 0.236 e. The van der Waals surface area contributed by atoms with Crippen LogP contribution in [0.3, 0.4) is 0 Å². The van der Waals surface area contributed by atoms with Gasteiger partial charge in [0.25, 0.3) is 0 Å². The molecule has 1 aliphatic carbocycles. The Balaban J connectivity index is 2.17. The first-order chi connectivity index (χ1) is 6.94. The number of carbonyl (C=O) groups is 1. The normalized spacial score (nSPS) is 18.7. The van der Waals surface area contributed by atoms with E-state index in [9.17, 15) is 9.90 Å². The molecule has 2 N–H and O–H groups in total. The molecular formula is C11H22N2O2. The van der Waals surface area contributed by atoms with E-state index >= 15 is 0 Å². The molecule has 0 radical (unpaired) electrons. The summed E-state index contributed by atoms with van der Waals surface area (Å²) in [5, 5.41) is 12.8. The van der Waals surface area contributed by atoms with E-state index in [1.54, 1.807) is 11.9 Å². The van der Waals surface area contributed by atoms with Crippen LogP contribution < -0.4 is 5.32 Å². The van der Waals surface area contributed by atoms with Crippen LogP contribution in [0.5, 0.6) is 0 Å².